The first kappa shape index (κ1) is 28.4. The van der Waals surface area contributed by atoms with Gasteiger partial charge in [0.1, 0.15) is 5.82 Å². The monoisotopic (exact) mass is 546 g/mol. The van der Waals surface area contributed by atoms with Crippen LogP contribution in [-0.4, -0.2) is 57.4 Å². The van der Waals surface area contributed by atoms with Gasteiger partial charge in [-0.25, -0.2) is 12.8 Å². The summed E-state index contributed by atoms with van der Waals surface area (Å²) in [5.41, 5.74) is 0.944. The fourth-order valence-corrected chi connectivity index (χ4v) is 6.01. The molecule has 0 aliphatic carbocycles. The molecule has 3 aromatic rings. The number of amides is 1. The maximum atomic E-state index is 13.5. The number of hydrogen-bond acceptors (Lipinski definition) is 6. The van der Waals surface area contributed by atoms with Crippen molar-refractivity contribution in [1.82, 2.24) is 9.21 Å². The molecule has 37 heavy (non-hydrogen) atoms. The lowest BCUT2D eigenvalue weighted by Gasteiger charge is -2.27. The van der Waals surface area contributed by atoms with Crippen molar-refractivity contribution in [2.45, 2.75) is 24.8 Å². The lowest BCUT2D eigenvalue weighted by Crippen LogP contribution is -2.43. The van der Waals surface area contributed by atoms with Crippen LogP contribution in [-0.2, 0) is 27.8 Å². The topological polar surface area (TPSA) is 76.2 Å². The second-order valence-corrected chi connectivity index (χ2v) is 11.6. The Balaban J connectivity index is 1.83. The number of sulfonamides is 1. The van der Waals surface area contributed by atoms with Crippen molar-refractivity contribution in [2.24, 2.45) is 0 Å². The quantitative estimate of drug-likeness (QED) is 0.292. The van der Waals surface area contributed by atoms with Gasteiger partial charge in [0, 0.05) is 22.8 Å². The second kappa shape index (κ2) is 12.8. The van der Waals surface area contributed by atoms with Gasteiger partial charge in [0.25, 0.3) is 0 Å². The summed E-state index contributed by atoms with van der Waals surface area (Å²) in [6.45, 7) is 5.91. The number of rotatable bonds is 13. The summed E-state index contributed by atoms with van der Waals surface area (Å²) >= 11 is 1.59. The highest BCUT2D eigenvalue weighted by molar-refractivity contribution is 7.89. The number of ether oxygens (including phenoxy) is 2. The first-order valence-corrected chi connectivity index (χ1v) is 13.8. The van der Waals surface area contributed by atoms with Gasteiger partial charge in [0.05, 0.1) is 32.2 Å². The Morgan fingerprint density at radius 2 is 1.76 bits per heavy atom. The maximum Gasteiger partial charge on any atom is 0.243 e. The fourth-order valence-electron chi connectivity index (χ4n) is 3.75. The van der Waals surface area contributed by atoms with Gasteiger partial charge in [-0.2, -0.15) is 4.31 Å². The Morgan fingerprint density at radius 1 is 1.05 bits per heavy atom. The normalized spacial score (nSPS) is 11.4. The van der Waals surface area contributed by atoms with Crippen LogP contribution in [0.15, 0.2) is 72.1 Å². The molecule has 2 aromatic carbocycles. The van der Waals surface area contributed by atoms with Crippen molar-refractivity contribution < 1.29 is 27.1 Å². The molecule has 0 bridgehead atoms. The van der Waals surface area contributed by atoms with Crippen molar-refractivity contribution in [3.63, 3.8) is 0 Å². The van der Waals surface area contributed by atoms with E-state index >= 15 is 0 Å². The van der Waals surface area contributed by atoms with Crippen LogP contribution in [0.25, 0.3) is 0 Å². The van der Waals surface area contributed by atoms with Crippen molar-refractivity contribution in [3.8, 4) is 11.5 Å². The molecule has 1 heterocycles. The lowest BCUT2D eigenvalue weighted by molar-refractivity contribution is -0.131. The second-order valence-electron chi connectivity index (χ2n) is 8.31. The molecule has 0 N–H and O–H groups in total. The minimum Gasteiger partial charge on any atom is -0.493 e. The van der Waals surface area contributed by atoms with Gasteiger partial charge in [-0.05, 0) is 67.4 Å². The molecule has 0 saturated heterocycles. The Bertz CT molecular complexity index is 1320. The number of hydrogen-bond donors (Lipinski definition) is 0. The third-order valence-electron chi connectivity index (χ3n) is 5.71. The van der Waals surface area contributed by atoms with Gasteiger partial charge >= 0.3 is 0 Å². The standard InChI is InChI=1S/C27H31FN2O5S2/c1-5-15-30(37(32,33)24-11-8-22(28)9-12-24)19-27(31)29(18-23-10-6-20(2)36-23)16-14-21-7-13-25(34-3)26(17-21)35-4/h5-13,17H,1,14-16,18-19H2,2-4H3. The van der Waals surface area contributed by atoms with Gasteiger partial charge in [0.2, 0.25) is 15.9 Å². The predicted octanol–water partition coefficient (Wildman–Crippen LogP) is 4.66. The van der Waals surface area contributed by atoms with Gasteiger partial charge in [-0.3, -0.25) is 4.79 Å². The van der Waals surface area contributed by atoms with E-state index in [0.717, 1.165) is 31.8 Å². The molecule has 0 saturated carbocycles. The molecule has 0 aliphatic rings. The highest BCUT2D eigenvalue weighted by Gasteiger charge is 2.28. The fraction of sp³-hybridized carbons (Fsp3) is 0.296. The van der Waals surface area contributed by atoms with E-state index in [1.165, 1.54) is 18.2 Å². The van der Waals surface area contributed by atoms with Crippen molar-refractivity contribution in [1.29, 1.82) is 0 Å². The van der Waals surface area contributed by atoms with Crippen LogP contribution in [0.3, 0.4) is 0 Å². The molecule has 3 rings (SSSR count). The smallest absolute Gasteiger partial charge is 0.243 e. The Kier molecular flexibility index (Phi) is 9.85. The molecular weight excluding hydrogens is 515 g/mol. The molecule has 198 valence electrons. The van der Waals surface area contributed by atoms with E-state index < -0.39 is 15.8 Å². The molecule has 10 heteroatoms. The average molecular weight is 547 g/mol. The SMILES string of the molecule is C=CCN(CC(=O)N(CCc1ccc(OC)c(OC)c1)Cc1ccc(C)s1)S(=O)(=O)c1ccc(F)cc1. The van der Waals surface area contributed by atoms with Gasteiger partial charge in [0.15, 0.2) is 11.5 Å². The van der Waals surface area contributed by atoms with E-state index in [1.54, 1.807) is 30.5 Å². The van der Waals surface area contributed by atoms with E-state index in [0.29, 0.717) is 31.0 Å². The number of thiophene rings is 1. The van der Waals surface area contributed by atoms with Gasteiger partial charge in [-0.1, -0.05) is 12.1 Å². The molecule has 0 radical (unpaired) electrons. The number of halogens is 1. The van der Waals surface area contributed by atoms with E-state index in [2.05, 4.69) is 6.58 Å². The maximum absolute atomic E-state index is 13.5. The number of benzene rings is 2. The third kappa shape index (κ3) is 7.41. The molecule has 1 aromatic heterocycles. The van der Waals surface area contributed by atoms with Crippen LogP contribution >= 0.6 is 11.3 Å². The number of methoxy groups -OCH3 is 2. The molecular formula is C27H31FN2O5S2. The molecule has 1 amide bonds. The zero-order valence-corrected chi connectivity index (χ0v) is 22.8. The first-order chi connectivity index (χ1) is 17.7. The van der Waals surface area contributed by atoms with E-state index in [9.17, 15) is 17.6 Å². The van der Waals surface area contributed by atoms with Gasteiger partial charge in [-0.15, -0.1) is 17.9 Å². The Morgan fingerprint density at radius 3 is 2.35 bits per heavy atom. The minimum absolute atomic E-state index is 0.0624. The Hall–Kier alpha value is -3.21. The number of aryl methyl sites for hydroxylation is 1. The van der Waals surface area contributed by atoms with Crippen LogP contribution < -0.4 is 9.47 Å². The van der Waals surface area contributed by atoms with Crippen molar-refractivity contribution in [2.75, 3.05) is 33.9 Å². The lowest BCUT2D eigenvalue weighted by atomic mass is 10.1. The molecule has 0 spiro atoms. The molecule has 0 unspecified atom stereocenters. The summed E-state index contributed by atoms with van der Waals surface area (Å²) in [7, 11) is -0.914. The third-order valence-corrected chi connectivity index (χ3v) is 8.52. The highest BCUT2D eigenvalue weighted by atomic mass is 32.2. The highest BCUT2D eigenvalue weighted by Crippen LogP contribution is 2.28. The average Bonchev–Trinajstić information content (AvgIpc) is 3.30. The summed E-state index contributed by atoms with van der Waals surface area (Å²) < 4.78 is 51.6. The summed E-state index contributed by atoms with van der Waals surface area (Å²) in [5.74, 6) is 0.311. The largest absolute Gasteiger partial charge is 0.493 e. The van der Waals surface area contributed by atoms with Crippen molar-refractivity contribution in [3.05, 3.63) is 88.4 Å². The van der Waals surface area contributed by atoms with E-state index in [-0.39, 0.29) is 23.9 Å². The van der Waals surface area contributed by atoms with Crippen LogP contribution in [0.2, 0.25) is 0 Å². The van der Waals surface area contributed by atoms with Crippen LogP contribution in [0, 0.1) is 12.7 Å². The zero-order chi connectivity index (χ0) is 27.0. The number of carbonyl (C=O) groups is 1. The van der Waals surface area contributed by atoms with Crippen LogP contribution in [0.4, 0.5) is 4.39 Å². The summed E-state index contributed by atoms with van der Waals surface area (Å²) in [5, 5.41) is 0. The minimum atomic E-state index is -4.04. The number of nitrogens with zero attached hydrogens (tertiary/aromatic N) is 2. The van der Waals surface area contributed by atoms with Gasteiger partial charge < -0.3 is 14.4 Å². The summed E-state index contributed by atoms with van der Waals surface area (Å²) in [6.07, 6.45) is 1.95. The van der Waals surface area contributed by atoms with Crippen LogP contribution in [0.5, 0.6) is 11.5 Å². The summed E-state index contributed by atoms with van der Waals surface area (Å²) in [4.78, 5) is 17.2. The molecule has 7 nitrogen and oxygen atoms in total. The predicted molar refractivity (Wildman–Crippen MR) is 143 cm³/mol. The molecule has 0 atom stereocenters. The summed E-state index contributed by atoms with van der Waals surface area (Å²) in [6, 6.07) is 14.1. The van der Waals surface area contributed by atoms with E-state index in [4.69, 9.17) is 9.47 Å². The molecule has 0 aliphatic heterocycles. The van der Waals surface area contributed by atoms with Crippen LogP contribution in [0.1, 0.15) is 15.3 Å². The Labute approximate surface area is 221 Å². The number of carbonyl (C=O) groups excluding carboxylic acids is 1. The molecule has 0 fully saturated rings. The zero-order valence-electron chi connectivity index (χ0n) is 21.1. The first-order valence-electron chi connectivity index (χ1n) is 11.6. The van der Waals surface area contributed by atoms with Crippen molar-refractivity contribution >= 4 is 27.3 Å². The van der Waals surface area contributed by atoms with E-state index in [1.807, 2.05) is 37.3 Å².